The zero-order valence-corrected chi connectivity index (χ0v) is 12.6. The van der Waals surface area contributed by atoms with Gasteiger partial charge in [0.1, 0.15) is 11.4 Å². The third-order valence-corrected chi connectivity index (χ3v) is 5.08. The van der Waals surface area contributed by atoms with E-state index in [4.69, 9.17) is 0 Å². The summed E-state index contributed by atoms with van der Waals surface area (Å²) in [5, 5.41) is 3.19. The van der Waals surface area contributed by atoms with Crippen LogP contribution in [0.3, 0.4) is 0 Å². The summed E-state index contributed by atoms with van der Waals surface area (Å²) in [6.07, 6.45) is 3.49. The number of hydrogen-bond donors (Lipinski definition) is 2. The molecule has 0 spiro atoms. The quantitative estimate of drug-likeness (QED) is 0.882. The van der Waals surface area contributed by atoms with Gasteiger partial charge in [-0.3, -0.25) is 9.59 Å². The number of carbonyl (C=O) groups excluding carboxylic acids is 1. The van der Waals surface area contributed by atoms with Gasteiger partial charge in [0.05, 0.1) is 5.52 Å². The largest absolute Gasteiger partial charge is 0.358 e. The number of carbonyl (C=O) groups is 1. The second-order valence-electron chi connectivity index (χ2n) is 6.41. The van der Waals surface area contributed by atoms with Crippen LogP contribution in [0, 0.1) is 11.7 Å². The van der Waals surface area contributed by atoms with E-state index in [1.54, 1.807) is 0 Å². The van der Waals surface area contributed by atoms with Crippen molar-refractivity contribution in [3.05, 3.63) is 46.0 Å². The lowest BCUT2D eigenvalue weighted by Gasteiger charge is -2.44. The van der Waals surface area contributed by atoms with Crippen LogP contribution in [-0.4, -0.2) is 41.5 Å². The van der Waals surface area contributed by atoms with Crippen LogP contribution in [0.25, 0.3) is 10.9 Å². The van der Waals surface area contributed by atoms with Crippen molar-refractivity contribution in [1.82, 2.24) is 15.2 Å². The fourth-order valence-corrected chi connectivity index (χ4v) is 3.76. The molecule has 3 fully saturated rings. The Balaban J connectivity index is 1.63. The smallest absolute Gasteiger partial charge is 0.257 e. The van der Waals surface area contributed by atoms with E-state index in [1.807, 2.05) is 0 Å². The molecule has 0 aliphatic carbocycles. The maximum Gasteiger partial charge on any atom is 0.257 e. The molecule has 2 aromatic rings. The minimum absolute atomic E-state index is 0.0412. The summed E-state index contributed by atoms with van der Waals surface area (Å²) in [6, 6.07) is 4.38. The van der Waals surface area contributed by atoms with Gasteiger partial charge in [0, 0.05) is 24.2 Å². The van der Waals surface area contributed by atoms with Crippen molar-refractivity contribution in [2.45, 2.75) is 18.9 Å². The number of hydrogen-bond acceptors (Lipinski definition) is 3. The van der Waals surface area contributed by atoms with E-state index in [1.165, 1.54) is 24.4 Å². The first kappa shape index (κ1) is 14.4. The number of piperidine rings is 3. The zero-order chi connectivity index (χ0) is 16.0. The molecule has 3 aliphatic rings. The van der Waals surface area contributed by atoms with Gasteiger partial charge < -0.3 is 15.2 Å². The molecule has 3 aliphatic heterocycles. The summed E-state index contributed by atoms with van der Waals surface area (Å²) in [5.41, 5.74) is -0.256. The summed E-state index contributed by atoms with van der Waals surface area (Å²) in [5.74, 6) is -0.388. The number of benzene rings is 1. The Bertz CT molecular complexity index is 824. The number of para-hydroxylation sites is 1. The SMILES string of the molecule is O=C(N[C@H]1CN2CCC1CC2)c1c[nH]c2c(F)cccc2c1=O. The van der Waals surface area contributed by atoms with Crippen molar-refractivity contribution in [3.63, 3.8) is 0 Å². The standard InChI is InChI=1S/C17H18FN3O2/c18-13-3-1-2-11-15(13)19-8-12(16(11)22)17(23)20-14-9-21-6-4-10(14)5-7-21/h1-3,8,10,14H,4-7,9H2,(H,19,22)(H,20,23)/t14-/m0/s1. The second-order valence-corrected chi connectivity index (χ2v) is 6.41. The lowest BCUT2D eigenvalue weighted by atomic mass is 9.84. The van der Waals surface area contributed by atoms with Gasteiger partial charge in [-0.1, -0.05) is 6.07 Å². The van der Waals surface area contributed by atoms with Crippen molar-refractivity contribution in [2.75, 3.05) is 19.6 Å². The van der Waals surface area contributed by atoms with E-state index in [-0.39, 0.29) is 28.4 Å². The number of halogens is 1. The number of H-pyrrole nitrogens is 1. The molecule has 4 heterocycles. The predicted molar refractivity (Wildman–Crippen MR) is 84.9 cm³/mol. The summed E-state index contributed by atoms with van der Waals surface area (Å²) in [6.45, 7) is 3.02. The zero-order valence-electron chi connectivity index (χ0n) is 12.6. The fourth-order valence-electron chi connectivity index (χ4n) is 3.76. The number of nitrogens with zero attached hydrogens (tertiary/aromatic N) is 1. The highest BCUT2D eigenvalue weighted by atomic mass is 19.1. The number of amides is 1. The third-order valence-electron chi connectivity index (χ3n) is 5.08. The molecule has 2 bridgehead atoms. The van der Waals surface area contributed by atoms with Crippen LogP contribution < -0.4 is 10.7 Å². The van der Waals surface area contributed by atoms with Gasteiger partial charge in [-0.2, -0.15) is 0 Å². The van der Waals surface area contributed by atoms with E-state index < -0.39 is 11.2 Å². The van der Waals surface area contributed by atoms with Crippen LogP contribution in [-0.2, 0) is 0 Å². The van der Waals surface area contributed by atoms with Crippen molar-refractivity contribution in [1.29, 1.82) is 0 Å². The minimum atomic E-state index is -0.496. The van der Waals surface area contributed by atoms with Crippen LogP contribution in [0.4, 0.5) is 4.39 Å². The first-order valence-electron chi connectivity index (χ1n) is 7.96. The minimum Gasteiger partial charge on any atom is -0.358 e. The molecule has 6 heteroatoms. The maximum atomic E-state index is 13.7. The van der Waals surface area contributed by atoms with Gasteiger partial charge in [-0.15, -0.1) is 0 Å². The first-order valence-corrected chi connectivity index (χ1v) is 7.96. The number of rotatable bonds is 2. The first-order chi connectivity index (χ1) is 11.1. The Morgan fingerprint density at radius 3 is 2.78 bits per heavy atom. The molecule has 3 saturated heterocycles. The number of pyridine rings is 1. The van der Waals surface area contributed by atoms with Crippen LogP contribution in [0.2, 0.25) is 0 Å². The second kappa shape index (κ2) is 5.45. The van der Waals surface area contributed by atoms with E-state index in [9.17, 15) is 14.0 Å². The molecule has 1 aromatic carbocycles. The maximum absolute atomic E-state index is 13.7. The Morgan fingerprint density at radius 2 is 2.09 bits per heavy atom. The van der Waals surface area contributed by atoms with Gasteiger partial charge in [-0.05, 0) is 44.0 Å². The van der Waals surface area contributed by atoms with Crippen molar-refractivity contribution in [2.24, 2.45) is 5.92 Å². The summed E-state index contributed by atoms with van der Waals surface area (Å²) in [7, 11) is 0. The third kappa shape index (κ3) is 2.43. The highest BCUT2D eigenvalue weighted by Gasteiger charge is 2.35. The molecule has 1 aromatic heterocycles. The topological polar surface area (TPSA) is 65.2 Å². The van der Waals surface area contributed by atoms with E-state index >= 15 is 0 Å². The van der Waals surface area contributed by atoms with Crippen LogP contribution in [0.1, 0.15) is 23.2 Å². The number of fused-ring (bicyclic) bond motifs is 4. The van der Waals surface area contributed by atoms with Gasteiger partial charge in [0.25, 0.3) is 5.91 Å². The molecule has 120 valence electrons. The molecule has 0 radical (unpaired) electrons. The normalized spacial score (nSPS) is 26.4. The molecule has 23 heavy (non-hydrogen) atoms. The average molecular weight is 315 g/mol. The molecule has 0 saturated carbocycles. The molecule has 2 N–H and O–H groups in total. The molecule has 5 rings (SSSR count). The Hall–Kier alpha value is -2.21. The number of nitrogens with one attached hydrogen (secondary N) is 2. The van der Waals surface area contributed by atoms with Crippen LogP contribution in [0.5, 0.6) is 0 Å². The Labute approximate surface area is 132 Å². The number of aromatic amines is 1. The lowest BCUT2D eigenvalue weighted by Crippen LogP contribution is -2.57. The fraction of sp³-hybridized carbons (Fsp3) is 0.412. The van der Waals surface area contributed by atoms with Crippen molar-refractivity contribution >= 4 is 16.8 Å². The van der Waals surface area contributed by atoms with Gasteiger partial charge in [0.15, 0.2) is 0 Å². The summed E-state index contributed by atoms with van der Waals surface area (Å²) in [4.78, 5) is 30.0. The van der Waals surface area contributed by atoms with E-state index in [0.717, 1.165) is 32.5 Å². The average Bonchev–Trinajstić information content (AvgIpc) is 2.57. The summed E-state index contributed by atoms with van der Waals surface area (Å²) >= 11 is 0. The molecule has 5 nitrogen and oxygen atoms in total. The van der Waals surface area contributed by atoms with Gasteiger partial charge in [-0.25, -0.2) is 4.39 Å². The molecular formula is C17H18FN3O2. The van der Waals surface area contributed by atoms with Gasteiger partial charge in [0.2, 0.25) is 5.43 Å². The van der Waals surface area contributed by atoms with E-state index in [0.29, 0.717) is 5.92 Å². The Kier molecular flexibility index (Phi) is 3.41. The highest BCUT2D eigenvalue weighted by Crippen LogP contribution is 2.27. The Morgan fingerprint density at radius 1 is 1.30 bits per heavy atom. The highest BCUT2D eigenvalue weighted by molar-refractivity contribution is 5.97. The van der Waals surface area contributed by atoms with Gasteiger partial charge >= 0.3 is 0 Å². The van der Waals surface area contributed by atoms with Crippen molar-refractivity contribution in [3.8, 4) is 0 Å². The molecule has 1 amide bonds. The van der Waals surface area contributed by atoms with Crippen LogP contribution in [0.15, 0.2) is 29.2 Å². The molecule has 0 unspecified atom stereocenters. The van der Waals surface area contributed by atoms with Crippen LogP contribution >= 0.6 is 0 Å². The summed E-state index contributed by atoms with van der Waals surface area (Å²) < 4.78 is 13.7. The monoisotopic (exact) mass is 315 g/mol. The number of aromatic nitrogens is 1. The molecule has 1 atom stereocenters. The van der Waals surface area contributed by atoms with E-state index in [2.05, 4.69) is 15.2 Å². The lowest BCUT2D eigenvalue weighted by molar-refractivity contribution is 0.0620. The van der Waals surface area contributed by atoms with Crippen molar-refractivity contribution < 1.29 is 9.18 Å². The molecular weight excluding hydrogens is 297 g/mol. The predicted octanol–water partition coefficient (Wildman–Crippen LogP) is 1.49.